The topological polar surface area (TPSA) is 64.5 Å². The summed E-state index contributed by atoms with van der Waals surface area (Å²) in [4.78, 5) is 0. The summed E-state index contributed by atoms with van der Waals surface area (Å²) in [6.45, 7) is 0. The van der Waals surface area contributed by atoms with E-state index in [1.165, 1.54) is 0 Å². The van der Waals surface area contributed by atoms with Gasteiger partial charge in [0.05, 0.1) is 17.1 Å². The predicted octanol–water partition coefficient (Wildman–Crippen LogP) is 3.80. The van der Waals surface area contributed by atoms with Gasteiger partial charge >= 0.3 is 0 Å². The molecule has 0 saturated heterocycles. The molecule has 0 unspecified atom stereocenters. The zero-order chi connectivity index (χ0) is 14.1. The molecule has 98 valence electrons. The highest BCUT2D eigenvalue weighted by Crippen LogP contribution is 2.32. The number of nitrogens with zero attached hydrogens (tertiary/aromatic N) is 2. The first-order chi connectivity index (χ1) is 9.72. The van der Waals surface area contributed by atoms with Gasteiger partial charge in [-0.1, -0.05) is 17.7 Å². The van der Waals surface area contributed by atoms with Crippen LogP contribution in [0.25, 0.3) is 22.0 Å². The predicted molar refractivity (Wildman–Crippen MR) is 80.8 cm³/mol. The lowest BCUT2D eigenvalue weighted by Crippen LogP contribution is -1.88. The van der Waals surface area contributed by atoms with E-state index >= 15 is 0 Å². The molecule has 3 rings (SSSR count). The van der Waals surface area contributed by atoms with Crippen molar-refractivity contribution in [3.8, 4) is 17.2 Å². The minimum atomic E-state index is 0.588. The third kappa shape index (κ3) is 1.98. The molecular formula is C15H11ClN4. The van der Waals surface area contributed by atoms with Crippen LogP contribution >= 0.6 is 11.6 Å². The normalized spacial score (nSPS) is 10.4. The second kappa shape index (κ2) is 4.87. The summed E-state index contributed by atoms with van der Waals surface area (Å²) in [6.07, 6.45) is 0. The van der Waals surface area contributed by atoms with Gasteiger partial charge in [-0.2, -0.15) is 10.4 Å². The van der Waals surface area contributed by atoms with Crippen molar-refractivity contribution in [3.63, 3.8) is 0 Å². The molecule has 0 saturated carbocycles. The van der Waals surface area contributed by atoms with Crippen molar-refractivity contribution in [1.29, 1.82) is 5.26 Å². The summed E-state index contributed by atoms with van der Waals surface area (Å²) >= 11 is 6.24. The number of anilines is 1. The van der Waals surface area contributed by atoms with E-state index in [0.29, 0.717) is 10.6 Å². The summed E-state index contributed by atoms with van der Waals surface area (Å²) in [6, 6.07) is 13.3. The van der Waals surface area contributed by atoms with Crippen molar-refractivity contribution < 1.29 is 0 Å². The highest BCUT2D eigenvalue weighted by atomic mass is 35.5. The molecule has 0 radical (unpaired) electrons. The summed E-state index contributed by atoms with van der Waals surface area (Å²) < 4.78 is 0. The van der Waals surface area contributed by atoms with Crippen molar-refractivity contribution in [3.05, 3.63) is 47.0 Å². The maximum absolute atomic E-state index is 9.00. The van der Waals surface area contributed by atoms with Gasteiger partial charge in [0.15, 0.2) is 5.82 Å². The minimum Gasteiger partial charge on any atom is -0.371 e. The van der Waals surface area contributed by atoms with Crippen LogP contribution in [0.15, 0.2) is 36.4 Å². The average molecular weight is 283 g/mol. The van der Waals surface area contributed by atoms with E-state index in [-0.39, 0.29) is 0 Å². The van der Waals surface area contributed by atoms with E-state index in [0.717, 1.165) is 27.8 Å². The van der Waals surface area contributed by atoms with Crippen LogP contribution in [0.5, 0.6) is 0 Å². The molecule has 1 heterocycles. The van der Waals surface area contributed by atoms with Crippen LogP contribution in [-0.2, 0) is 0 Å². The quantitative estimate of drug-likeness (QED) is 0.751. The van der Waals surface area contributed by atoms with E-state index < -0.39 is 0 Å². The number of aromatic nitrogens is 2. The molecule has 0 aliphatic heterocycles. The van der Waals surface area contributed by atoms with Crippen molar-refractivity contribution in [2.45, 2.75) is 0 Å². The monoisotopic (exact) mass is 282 g/mol. The van der Waals surface area contributed by atoms with Crippen molar-refractivity contribution in [1.82, 2.24) is 10.2 Å². The number of benzene rings is 2. The minimum absolute atomic E-state index is 0.588. The Hall–Kier alpha value is -2.51. The average Bonchev–Trinajstić information content (AvgIpc) is 2.90. The molecule has 2 N–H and O–H groups in total. The molecule has 1 aromatic heterocycles. The Morgan fingerprint density at radius 3 is 2.85 bits per heavy atom. The number of fused-ring (bicyclic) bond motifs is 1. The highest BCUT2D eigenvalue weighted by Gasteiger charge is 2.09. The number of H-pyrrole nitrogens is 1. The van der Waals surface area contributed by atoms with Crippen LogP contribution in [-0.4, -0.2) is 17.2 Å². The molecule has 0 amide bonds. The van der Waals surface area contributed by atoms with Crippen LogP contribution in [0.1, 0.15) is 5.56 Å². The number of aromatic amines is 1. The molecule has 0 atom stereocenters. The van der Waals surface area contributed by atoms with E-state index in [2.05, 4.69) is 21.6 Å². The molecule has 0 aliphatic carbocycles. The van der Waals surface area contributed by atoms with Gasteiger partial charge in [0.1, 0.15) is 0 Å². The van der Waals surface area contributed by atoms with Gasteiger partial charge in [-0.3, -0.25) is 5.10 Å². The van der Waals surface area contributed by atoms with E-state index in [9.17, 15) is 0 Å². The Kier molecular flexibility index (Phi) is 3.05. The number of hydrogen-bond acceptors (Lipinski definition) is 3. The molecule has 0 aliphatic rings. The van der Waals surface area contributed by atoms with Gasteiger partial charge in [-0.05, 0) is 35.9 Å². The first kappa shape index (κ1) is 12.5. The van der Waals surface area contributed by atoms with Crippen molar-refractivity contribution in [2.75, 3.05) is 12.4 Å². The van der Waals surface area contributed by atoms with E-state index in [1.54, 1.807) is 18.2 Å². The molecule has 0 fully saturated rings. The van der Waals surface area contributed by atoms with Crippen LogP contribution in [0, 0.1) is 11.3 Å². The van der Waals surface area contributed by atoms with Gasteiger partial charge in [0, 0.05) is 23.0 Å². The van der Waals surface area contributed by atoms with E-state index in [1.807, 2.05) is 25.2 Å². The largest absolute Gasteiger partial charge is 0.371 e. The first-order valence-corrected chi connectivity index (χ1v) is 6.46. The molecule has 2 aromatic carbocycles. The summed E-state index contributed by atoms with van der Waals surface area (Å²) in [7, 11) is 1.82. The molecule has 20 heavy (non-hydrogen) atoms. The summed E-state index contributed by atoms with van der Waals surface area (Å²) in [5.74, 6) is 0.786. The zero-order valence-corrected chi connectivity index (χ0v) is 11.5. The molecule has 3 aromatic rings. The van der Waals surface area contributed by atoms with Gasteiger partial charge in [0.2, 0.25) is 0 Å². The van der Waals surface area contributed by atoms with Gasteiger partial charge in [-0.25, -0.2) is 0 Å². The second-order valence-corrected chi connectivity index (χ2v) is 4.80. The lowest BCUT2D eigenvalue weighted by Gasteiger charge is -2.06. The maximum Gasteiger partial charge on any atom is 0.155 e. The molecular weight excluding hydrogens is 272 g/mol. The second-order valence-electron chi connectivity index (χ2n) is 4.39. The number of rotatable bonds is 2. The van der Waals surface area contributed by atoms with Crippen LogP contribution in [0.4, 0.5) is 5.82 Å². The third-order valence-corrected chi connectivity index (χ3v) is 3.54. The number of nitrogens with one attached hydrogen (secondary N) is 2. The van der Waals surface area contributed by atoms with Crippen molar-refractivity contribution in [2.24, 2.45) is 0 Å². The van der Waals surface area contributed by atoms with Crippen LogP contribution < -0.4 is 5.32 Å². The van der Waals surface area contributed by atoms with Gasteiger partial charge < -0.3 is 5.32 Å². The molecule has 0 bridgehead atoms. The maximum atomic E-state index is 9.00. The van der Waals surface area contributed by atoms with E-state index in [4.69, 9.17) is 16.9 Å². The number of hydrogen-bond donors (Lipinski definition) is 2. The SMILES string of the molecule is CNc1n[nH]c2ccc(-c3cc(C#N)ccc3Cl)cc12. The van der Waals surface area contributed by atoms with Crippen LogP contribution in [0.2, 0.25) is 5.02 Å². The third-order valence-electron chi connectivity index (χ3n) is 3.21. The smallest absolute Gasteiger partial charge is 0.155 e. The van der Waals surface area contributed by atoms with Gasteiger partial charge in [-0.15, -0.1) is 0 Å². The summed E-state index contributed by atoms with van der Waals surface area (Å²) in [5, 5.41) is 20.8. The fraction of sp³-hybridized carbons (Fsp3) is 0.0667. The highest BCUT2D eigenvalue weighted by molar-refractivity contribution is 6.33. The summed E-state index contributed by atoms with van der Waals surface area (Å²) in [5.41, 5.74) is 3.34. The standard InChI is InChI=1S/C15H11ClN4/c1-18-15-12-7-10(3-5-14(12)19-20-15)11-6-9(8-17)2-4-13(11)16/h2-7H,1H3,(H2,18,19,20). The van der Waals surface area contributed by atoms with Crippen molar-refractivity contribution >= 4 is 28.3 Å². The Morgan fingerprint density at radius 1 is 1.25 bits per heavy atom. The molecule has 0 spiro atoms. The zero-order valence-electron chi connectivity index (χ0n) is 10.7. The Labute approximate surface area is 121 Å². The van der Waals surface area contributed by atoms with Gasteiger partial charge in [0.25, 0.3) is 0 Å². The molecule has 4 nitrogen and oxygen atoms in total. The fourth-order valence-electron chi connectivity index (χ4n) is 2.19. The first-order valence-electron chi connectivity index (χ1n) is 6.09. The Balaban J connectivity index is 2.22. The lowest BCUT2D eigenvalue weighted by atomic mass is 10.0. The number of nitriles is 1. The fourth-order valence-corrected chi connectivity index (χ4v) is 2.41. The number of halogens is 1. The lowest BCUT2D eigenvalue weighted by molar-refractivity contribution is 1.11. The molecule has 5 heteroatoms. The Bertz CT molecular complexity index is 829. The van der Waals surface area contributed by atoms with Crippen LogP contribution in [0.3, 0.4) is 0 Å². The Morgan fingerprint density at radius 2 is 2.10 bits per heavy atom.